The van der Waals surface area contributed by atoms with Gasteiger partial charge in [0, 0.05) is 20.1 Å². The largest absolute Gasteiger partial charge is 0.384 e. The van der Waals surface area contributed by atoms with Gasteiger partial charge in [0.2, 0.25) is 0 Å². The molecule has 2 atom stereocenters. The van der Waals surface area contributed by atoms with Crippen molar-refractivity contribution in [3.63, 3.8) is 0 Å². The molecule has 3 rings (SSSR count). The van der Waals surface area contributed by atoms with Crippen LogP contribution in [0.3, 0.4) is 0 Å². The summed E-state index contributed by atoms with van der Waals surface area (Å²) in [5.74, 6) is 1.05. The summed E-state index contributed by atoms with van der Waals surface area (Å²) in [6, 6.07) is 0. The van der Waals surface area contributed by atoms with Gasteiger partial charge in [-0.3, -0.25) is 10.1 Å². The number of ether oxygens (including phenoxy) is 1. The fourth-order valence-electron chi connectivity index (χ4n) is 3.11. The molecule has 2 unspecified atom stereocenters. The average Bonchev–Trinajstić information content (AvgIpc) is 2.78. The number of amidine groups is 1. The third kappa shape index (κ3) is 1.68. The minimum atomic E-state index is 0.0921. The Bertz CT molecular complexity index is 483. The van der Waals surface area contributed by atoms with Crippen molar-refractivity contribution in [3.05, 3.63) is 11.3 Å². The molecule has 2 aliphatic rings. The molecule has 6 nitrogen and oxygen atoms in total. The van der Waals surface area contributed by atoms with E-state index in [2.05, 4.69) is 10.00 Å². The Kier molecular flexibility index (Phi) is 2.55. The Labute approximate surface area is 106 Å². The van der Waals surface area contributed by atoms with Gasteiger partial charge >= 0.3 is 0 Å². The van der Waals surface area contributed by atoms with Crippen LogP contribution in [0.5, 0.6) is 0 Å². The highest BCUT2D eigenvalue weighted by Crippen LogP contribution is 2.31. The summed E-state index contributed by atoms with van der Waals surface area (Å²) in [7, 11) is 1.91. The lowest BCUT2D eigenvalue weighted by atomic mass is 10.2. The number of anilines is 1. The molecule has 2 aliphatic heterocycles. The monoisotopic (exact) mass is 249 g/mol. The van der Waals surface area contributed by atoms with Crippen LogP contribution in [0.1, 0.15) is 24.1 Å². The van der Waals surface area contributed by atoms with Gasteiger partial charge < -0.3 is 15.4 Å². The van der Waals surface area contributed by atoms with E-state index in [-0.39, 0.29) is 5.84 Å². The van der Waals surface area contributed by atoms with Gasteiger partial charge in [-0.1, -0.05) is 0 Å². The molecule has 0 spiro atoms. The minimum absolute atomic E-state index is 0.0921. The molecular weight excluding hydrogens is 230 g/mol. The summed E-state index contributed by atoms with van der Waals surface area (Å²) < 4.78 is 7.67. The maximum absolute atomic E-state index is 7.73. The van der Waals surface area contributed by atoms with Crippen molar-refractivity contribution in [1.29, 1.82) is 5.41 Å². The zero-order chi connectivity index (χ0) is 12.9. The summed E-state index contributed by atoms with van der Waals surface area (Å²) in [6.45, 7) is 3.64. The van der Waals surface area contributed by atoms with Crippen LogP contribution in [0.15, 0.2) is 0 Å². The van der Waals surface area contributed by atoms with Crippen molar-refractivity contribution in [2.24, 2.45) is 12.8 Å². The zero-order valence-corrected chi connectivity index (χ0v) is 10.8. The van der Waals surface area contributed by atoms with E-state index in [0.29, 0.717) is 12.2 Å². The summed E-state index contributed by atoms with van der Waals surface area (Å²) in [5.41, 5.74) is 7.27. The zero-order valence-electron chi connectivity index (χ0n) is 10.8. The van der Waals surface area contributed by atoms with E-state index in [1.165, 1.54) is 0 Å². The van der Waals surface area contributed by atoms with Crippen molar-refractivity contribution in [2.75, 3.05) is 18.0 Å². The first-order chi connectivity index (χ1) is 8.56. The lowest BCUT2D eigenvalue weighted by Gasteiger charge is -2.34. The number of rotatable bonds is 2. The van der Waals surface area contributed by atoms with Crippen molar-refractivity contribution < 1.29 is 4.74 Å². The number of nitrogens with one attached hydrogen (secondary N) is 1. The lowest BCUT2D eigenvalue weighted by molar-refractivity contribution is 0.0300. The summed E-state index contributed by atoms with van der Waals surface area (Å²) >= 11 is 0. The number of nitrogens with zero attached hydrogens (tertiary/aromatic N) is 3. The van der Waals surface area contributed by atoms with E-state index in [9.17, 15) is 0 Å². The molecule has 1 aromatic rings. The molecule has 3 heterocycles. The predicted molar refractivity (Wildman–Crippen MR) is 69.1 cm³/mol. The van der Waals surface area contributed by atoms with E-state index in [1.54, 1.807) is 0 Å². The Morgan fingerprint density at radius 1 is 1.39 bits per heavy atom. The van der Waals surface area contributed by atoms with E-state index < -0.39 is 0 Å². The maximum Gasteiger partial charge on any atom is 0.138 e. The van der Waals surface area contributed by atoms with E-state index in [1.807, 2.05) is 18.7 Å². The molecule has 0 radical (unpaired) electrons. The Hall–Kier alpha value is -1.56. The van der Waals surface area contributed by atoms with Crippen LogP contribution in [0.4, 0.5) is 5.82 Å². The maximum atomic E-state index is 7.73. The number of morpholine rings is 1. The van der Waals surface area contributed by atoms with Gasteiger partial charge in [-0.2, -0.15) is 5.10 Å². The van der Waals surface area contributed by atoms with Crippen molar-refractivity contribution in [3.8, 4) is 0 Å². The number of aryl methyl sites for hydroxylation is 2. The first-order valence-electron chi connectivity index (χ1n) is 6.34. The second-order valence-electron chi connectivity index (χ2n) is 5.18. The molecule has 0 aromatic carbocycles. The highest BCUT2D eigenvalue weighted by atomic mass is 16.5. The molecular formula is C12H19N5O. The number of nitrogen functional groups attached to an aromatic ring is 1. The summed E-state index contributed by atoms with van der Waals surface area (Å²) in [6.07, 6.45) is 2.90. The van der Waals surface area contributed by atoms with E-state index >= 15 is 0 Å². The molecule has 0 saturated carbocycles. The Morgan fingerprint density at radius 2 is 2.00 bits per heavy atom. The molecule has 2 fully saturated rings. The summed E-state index contributed by atoms with van der Waals surface area (Å²) in [4.78, 5) is 2.27. The van der Waals surface area contributed by atoms with E-state index in [4.69, 9.17) is 15.9 Å². The van der Waals surface area contributed by atoms with E-state index in [0.717, 1.165) is 43.0 Å². The standard InChI is InChI=1S/C12H19N5O/c1-7-10(11(13)14)12(16(2)15-7)17-5-8-3-4-9(6-17)18-8/h8-9H,3-6H2,1-2H3,(H3,13,14). The van der Waals surface area contributed by atoms with Crippen LogP contribution in [0, 0.1) is 12.3 Å². The van der Waals surface area contributed by atoms with Crippen molar-refractivity contribution >= 4 is 11.7 Å². The minimum Gasteiger partial charge on any atom is -0.384 e. The predicted octanol–water partition coefficient (Wildman–Crippen LogP) is 0.380. The van der Waals surface area contributed by atoms with Crippen molar-refractivity contribution in [1.82, 2.24) is 9.78 Å². The highest BCUT2D eigenvalue weighted by molar-refractivity contribution is 6.01. The third-order valence-corrected chi connectivity index (χ3v) is 3.80. The highest BCUT2D eigenvalue weighted by Gasteiger charge is 2.36. The van der Waals surface area contributed by atoms with Gasteiger partial charge in [-0.25, -0.2) is 0 Å². The fourth-order valence-corrected chi connectivity index (χ4v) is 3.11. The van der Waals surface area contributed by atoms with Gasteiger partial charge in [-0.15, -0.1) is 0 Å². The van der Waals surface area contributed by atoms with Gasteiger partial charge in [0.1, 0.15) is 11.7 Å². The molecule has 6 heteroatoms. The molecule has 0 aliphatic carbocycles. The normalized spacial score (nSPS) is 26.7. The quantitative estimate of drug-likeness (QED) is 0.586. The molecule has 2 bridgehead atoms. The van der Waals surface area contributed by atoms with Gasteiger partial charge in [-0.05, 0) is 19.8 Å². The molecule has 2 saturated heterocycles. The van der Waals surface area contributed by atoms with Crippen molar-refractivity contribution in [2.45, 2.75) is 32.0 Å². The fraction of sp³-hybridized carbons (Fsp3) is 0.667. The Balaban J connectivity index is 1.99. The molecule has 18 heavy (non-hydrogen) atoms. The van der Waals surface area contributed by atoms with Crippen LogP contribution >= 0.6 is 0 Å². The van der Waals surface area contributed by atoms with Crippen LogP contribution in [-0.4, -0.2) is 40.9 Å². The molecule has 1 aromatic heterocycles. The summed E-state index contributed by atoms with van der Waals surface area (Å²) in [5, 5.41) is 12.1. The number of fused-ring (bicyclic) bond motifs is 2. The number of nitrogens with two attached hydrogens (primary N) is 1. The van der Waals surface area contributed by atoms with Crippen LogP contribution < -0.4 is 10.6 Å². The SMILES string of the molecule is Cc1nn(C)c(N2CC3CCC(C2)O3)c1C(=N)N. The molecule has 3 N–H and O–H groups in total. The Morgan fingerprint density at radius 3 is 2.56 bits per heavy atom. The lowest BCUT2D eigenvalue weighted by Crippen LogP contribution is -2.44. The van der Waals surface area contributed by atoms with Gasteiger partial charge in [0.25, 0.3) is 0 Å². The first kappa shape index (κ1) is 11.5. The second-order valence-corrected chi connectivity index (χ2v) is 5.18. The van der Waals surface area contributed by atoms with Crippen LogP contribution in [0.25, 0.3) is 0 Å². The number of hydrogen-bond acceptors (Lipinski definition) is 4. The molecule has 0 amide bonds. The smallest absolute Gasteiger partial charge is 0.138 e. The number of hydrogen-bond donors (Lipinski definition) is 2. The van der Waals surface area contributed by atoms with Gasteiger partial charge in [0.15, 0.2) is 0 Å². The third-order valence-electron chi connectivity index (χ3n) is 3.80. The first-order valence-corrected chi connectivity index (χ1v) is 6.34. The van der Waals surface area contributed by atoms with Crippen LogP contribution in [0.2, 0.25) is 0 Å². The van der Waals surface area contributed by atoms with Crippen LogP contribution in [-0.2, 0) is 11.8 Å². The molecule has 98 valence electrons. The van der Waals surface area contributed by atoms with Gasteiger partial charge in [0.05, 0.1) is 23.5 Å². The second kappa shape index (κ2) is 3.98. The topological polar surface area (TPSA) is 80.2 Å². The average molecular weight is 249 g/mol. The number of aromatic nitrogens is 2.